The molecule has 1 aromatic heterocycles. The highest BCUT2D eigenvalue weighted by molar-refractivity contribution is 5.96. The molecule has 16 heavy (non-hydrogen) atoms. The van der Waals surface area contributed by atoms with E-state index in [1.165, 1.54) is 0 Å². The first-order valence-electron chi connectivity index (χ1n) is 5.33. The van der Waals surface area contributed by atoms with Gasteiger partial charge < -0.3 is 0 Å². The third kappa shape index (κ3) is 2.03. The van der Waals surface area contributed by atoms with Crippen LogP contribution in [0, 0.1) is 0 Å². The van der Waals surface area contributed by atoms with E-state index in [9.17, 15) is 4.79 Å². The number of Topliss-reactive ketones (excluding diaryl/α,β-unsaturated/α-hetero) is 1. The van der Waals surface area contributed by atoms with Gasteiger partial charge in [0.15, 0.2) is 5.78 Å². The van der Waals surface area contributed by atoms with Crippen LogP contribution in [-0.4, -0.2) is 15.6 Å². The van der Waals surface area contributed by atoms with Gasteiger partial charge in [0.2, 0.25) is 0 Å². The van der Waals surface area contributed by atoms with Crippen LogP contribution in [0.1, 0.15) is 23.7 Å². The van der Waals surface area contributed by atoms with Gasteiger partial charge in [-0.3, -0.25) is 9.48 Å². The molecular weight excluding hydrogens is 200 g/mol. The summed E-state index contributed by atoms with van der Waals surface area (Å²) in [5.41, 5.74) is 2.92. The molecule has 0 N–H and O–H groups in total. The highest BCUT2D eigenvalue weighted by atomic mass is 16.1. The summed E-state index contributed by atoms with van der Waals surface area (Å²) in [5, 5.41) is 4.12. The molecule has 0 saturated carbocycles. The zero-order chi connectivity index (χ0) is 11.5. The third-order valence-corrected chi connectivity index (χ3v) is 2.57. The number of rotatable bonds is 3. The van der Waals surface area contributed by atoms with Crippen LogP contribution < -0.4 is 0 Å². The van der Waals surface area contributed by atoms with Crippen LogP contribution >= 0.6 is 0 Å². The summed E-state index contributed by atoms with van der Waals surface area (Å²) in [4.78, 5) is 11.4. The van der Waals surface area contributed by atoms with Crippen LogP contribution in [0.2, 0.25) is 0 Å². The second-order valence-electron chi connectivity index (χ2n) is 3.76. The largest absolute Gasteiger partial charge is 0.294 e. The van der Waals surface area contributed by atoms with Crippen LogP contribution in [0.5, 0.6) is 0 Å². The van der Waals surface area contributed by atoms with Gasteiger partial charge in [0.25, 0.3) is 0 Å². The van der Waals surface area contributed by atoms with E-state index in [0.717, 1.165) is 16.7 Å². The van der Waals surface area contributed by atoms with E-state index >= 15 is 0 Å². The zero-order valence-corrected chi connectivity index (χ0v) is 9.47. The van der Waals surface area contributed by atoms with Gasteiger partial charge >= 0.3 is 0 Å². The molecule has 3 nitrogen and oxygen atoms in total. The maximum absolute atomic E-state index is 11.4. The first-order valence-corrected chi connectivity index (χ1v) is 5.33. The Balaban J connectivity index is 2.29. The Morgan fingerprint density at radius 2 is 1.94 bits per heavy atom. The maximum atomic E-state index is 11.4. The van der Waals surface area contributed by atoms with E-state index in [-0.39, 0.29) is 5.78 Å². The van der Waals surface area contributed by atoms with Crippen molar-refractivity contribution in [3.8, 4) is 11.1 Å². The number of aromatic nitrogens is 2. The molecular formula is C13H14N2O. The van der Waals surface area contributed by atoms with Gasteiger partial charge in [-0.15, -0.1) is 0 Å². The molecule has 0 amide bonds. The summed E-state index contributed by atoms with van der Waals surface area (Å²) < 4.78 is 1.76. The lowest BCUT2D eigenvalue weighted by atomic mass is 10.0. The molecule has 82 valence electrons. The second-order valence-corrected chi connectivity index (χ2v) is 3.76. The van der Waals surface area contributed by atoms with Crippen LogP contribution in [-0.2, 0) is 7.05 Å². The first kappa shape index (κ1) is 10.6. The van der Waals surface area contributed by atoms with Crippen LogP contribution in [0.25, 0.3) is 11.1 Å². The molecule has 0 saturated heterocycles. The second kappa shape index (κ2) is 4.31. The van der Waals surface area contributed by atoms with Crippen molar-refractivity contribution in [1.82, 2.24) is 9.78 Å². The van der Waals surface area contributed by atoms with Crippen molar-refractivity contribution in [1.29, 1.82) is 0 Å². The SMILES string of the molecule is CCC(=O)c1ccc(-c2cnn(C)c2)cc1. The fraction of sp³-hybridized carbons (Fsp3) is 0.231. The first-order chi connectivity index (χ1) is 7.70. The van der Waals surface area contributed by atoms with Crippen molar-refractivity contribution in [3.63, 3.8) is 0 Å². The lowest BCUT2D eigenvalue weighted by molar-refractivity contribution is 0.0988. The number of hydrogen-bond donors (Lipinski definition) is 0. The van der Waals surface area contributed by atoms with Crippen LogP contribution in [0.3, 0.4) is 0 Å². The summed E-state index contributed by atoms with van der Waals surface area (Å²) in [6.45, 7) is 1.87. The number of hydrogen-bond acceptors (Lipinski definition) is 2. The van der Waals surface area contributed by atoms with Crippen LogP contribution in [0.15, 0.2) is 36.7 Å². The van der Waals surface area contributed by atoms with Crippen LogP contribution in [0.4, 0.5) is 0 Å². The number of nitrogens with zero attached hydrogens (tertiary/aromatic N) is 2. The average Bonchev–Trinajstić information content (AvgIpc) is 2.75. The highest BCUT2D eigenvalue weighted by Crippen LogP contribution is 2.19. The number of carbonyl (C=O) groups excluding carboxylic acids is 1. The topological polar surface area (TPSA) is 34.9 Å². The van der Waals surface area contributed by atoms with Crippen molar-refractivity contribution in [2.45, 2.75) is 13.3 Å². The Bertz CT molecular complexity index is 497. The van der Waals surface area contributed by atoms with Gasteiger partial charge in [0, 0.05) is 30.8 Å². The summed E-state index contributed by atoms with van der Waals surface area (Å²) in [6, 6.07) is 7.65. The summed E-state index contributed by atoms with van der Waals surface area (Å²) in [5.74, 6) is 0.178. The Labute approximate surface area is 94.7 Å². The molecule has 3 heteroatoms. The normalized spacial score (nSPS) is 10.4. The molecule has 0 aliphatic carbocycles. The van der Waals surface area contributed by atoms with E-state index in [1.807, 2.05) is 50.6 Å². The summed E-state index contributed by atoms with van der Waals surface area (Å²) in [7, 11) is 1.89. The van der Waals surface area contributed by atoms with E-state index in [4.69, 9.17) is 0 Å². The minimum Gasteiger partial charge on any atom is -0.294 e. The molecule has 1 aromatic carbocycles. The Kier molecular flexibility index (Phi) is 2.86. The molecule has 0 aliphatic rings. The van der Waals surface area contributed by atoms with Crippen molar-refractivity contribution in [2.75, 3.05) is 0 Å². The molecule has 0 fully saturated rings. The lowest BCUT2D eigenvalue weighted by Crippen LogP contribution is -1.95. The lowest BCUT2D eigenvalue weighted by Gasteiger charge is -2.00. The Hall–Kier alpha value is -1.90. The number of ketones is 1. The molecule has 0 radical (unpaired) electrons. The molecule has 0 bridgehead atoms. The van der Waals surface area contributed by atoms with E-state index < -0.39 is 0 Å². The van der Waals surface area contributed by atoms with Gasteiger partial charge in [-0.25, -0.2) is 0 Å². The third-order valence-electron chi connectivity index (χ3n) is 2.57. The van der Waals surface area contributed by atoms with Crippen molar-refractivity contribution < 1.29 is 4.79 Å². The Morgan fingerprint density at radius 1 is 1.25 bits per heavy atom. The molecule has 0 aliphatic heterocycles. The molecule has 1 heterocycles. The molecule has 2 rings (SSSR count). The minimum atomic E-state index is 0.178. The molecule has 2 aromatic rings. The Morgan fingerprint density at radius 3 is 2.44 bits per heavy atom. The number of carbonyl (C=O) groups is 1. The summed E-state index contributed by atoms with van der Waals surface area (Å²) >= 11 is 0. The highest BCUT2D eigenvalue weighted by Gasteiger charge is 2.04. The number of benzene rings is 1. The predicted octanol–water partition coefficient (Wildman–Crippen LogP) is 2.68. The molecule has 0 atom stereocenters. The van der Waals surface area contributed by atoms with Gasteiger partial charge in [-0.05, 0) is 5.56 Å². The maximum Gasteiger partial charge on any atom is 0.162 e. The molecule has 0 spiro atoms. The standard InChI is InChI=1S/C13H14N2O/c1-3-13(16)11-6-4-10(5-7-11)12-8-14-15(2)9-12/h4-9H,3H2,1-2H3. The van der Waals surface area contributed by atoms with E-state index in [1.54, 1.807) is 4.68 Å². The monoisotopic (exact) mass is 214 g/mol. The van der Waals surface area contributed by atoms with Crippen molar-refractivity contribution in [2.24, 2.45) is 7.05 Å². The quantitative estimate of drug-likeness (QED) is 0.736. The summed E-state index contributed by atoms with van der Waals surface area (Å²) in [6.07, 6.45) is 4.32. The number of aryl methyl sites for hydroxylation is 1. The van der Waals surface area contributed by atoms with Gasteiger partial charge in [-0.2, -0.15) is 5.10 Å². The zero-order valence-electron chi connectivity index (χ0n) is 9.47. The van der Waals surface area contributed by atoms with Crippen molar-refractivity contribution in [3.05, 3.63) is 42.2 Å². The fourth-order valence-corrected chi connectivity index (χ4v) is 1.62. The van der Waals surface area contributed by atoms with E-state index in [0.29, 0.717) is 6.42 Å². The van der Waals surface area contributed by atoms with Gasteiger partial charge in [-0.1, -0.05) is 31.2 Å². The van der Waals surface area contributed by atoms with Gasteiger partial charge in [0.1, 0.15) is 0 Å². The smallest absolute Gasteiger partial charge is 0.162 e. The van der Waals surface area contributed by atoms with Crippen molar-refractivity contribution >= 4 is 5.78 Å². The fourth-order valence-electron chi connectivity index (χ4n) is 1.62. The van der Waals surface area contributed by atoms with Gasteiger partial charge in [0.05, 0.1) is 6.20 Å². The van der Waals surface area contributed by atoms with E-state index in [2.05, 4.69) is 5.10 Å². The minimum absolute atomic E-state index is 0.178. The predicted molar refractivity (Wildman–Crippen MR) is 63.3 cm³/mol. The molecule has 0 unspecified atom stereocenters. The average molecular weight is 214 g/mol.